The minimum Gasteiger partial charge on any atom is -0.501 e. The molecule has 0 N–H and O–H groups in total. The molecule has 1 radical (unpaired) electrons. The van der Waals surface area contributed by atoms with Crippen LogP contribution in [0.1, 0.15) is 26.3 Å². The third-order valence-corrected chi connectivity index (χ3v) is 8.74. The Hall–Kier alpha value is -3.37. The molecule has 3 aromatic heterocycles. The maximum absolute atomic E-state index is 6.37. The van der Waals surface area contributed by atoms with E-state index in [-0.39, 0.29) is 25.5 Å². The first kappa shape index (κ1) is 30.6. The molecular formula is C36H36IrN2OSi-2. The van der Waals surface area contributed by atoms with Gasteiger partial charge >= 0.3 is 0 Å². The van der Waals surface area contributed by atoms with Gasteiger partial charge in [0.05, 0.1) is 5.58 Å². The number of benzene rings is 3. The summed E-state index contributed by atoms with van der Waals surface area (Å²) in [7, 11) is -1.56. The summed E-state index contributed by atoms with van der Waals surface area (Å²) in [6.45, 7) is 13.9. The Morgan fingerprint density at radius 3 is 2.22 bits per heavy atom. The van der Waals surface area contributed by atoms with Crippen molar-refractivity contribution in [3.05, 3.63) is 115 Å². The van der Waals surface area contributed by atoms with E-state index < -0.39 is 8.07 Å². The van der Waals surface area contributed by atoms with Gasteiger partial charge in [-0.15, -0.1) is 53.2 Å². The molecule has 0 aliphatic carbocycles. The zero-order valence-electron chi connectivity index (χ0n) is 24.6. The molecule has 0 fully saturated rings. The summed E-state index contributed by atoms with van der Waals surface area (Å²) in [5.41, 5.74) is 7.29. The van der Waals surface area contributed by atoms with Crippen molar-refractivity contribution in [3.63, 3.8) is 0 Å². The Bertz CT molecular complexity index is 1700. The second-order valence-corrected chi connectivity index (χ2v) is 17.4. The fourth-order valence-corrected chi connectivity index (χ4v) is 6.46. The Balaban J connectivity index is 0.000000249. The minimum atomic E-state index is -1.56. The van der Waals surface area contributed by atoms with Crippen LogP contribution in [0.4, 0.5) is 0 Å². The van der Waals surface area contributed by atoms with Gasteiger partial charge in [-0.2, -0.15) is 0 Å². The second kappa shape index (κ2) is 12.6. The number of furan rings is 1. The summed E-state index contributed by atoms with van der Waals surface area (Å²) in [6, 6.07) is 35.2. The van der Waals surface area contributed by atoms with E-state index in [9.17, 15) is 0 Å². The Kier molecular flexibility index (Phi) is 9.43. The molecule has 0 amide bonds. The van der Waals surface area contributed by atoms with Crippen molar-refractivity contribution in [2.24, 2.45) is 5.41 Å². The van der Waals surface area contributed by atoms with Gasteiger partial charge in [0.1, 0.15) is 5.58 Å². The van der Waals surface area contributed by atoms with Gasteiger partial charge in [0.25, 0.3) is 0 Å². The van der Waals surface area contributed by atoms with Crippen molar-refractivity contribution < 1.29 is 24.5 Å². The largest absolute Gasteiger partial charge is 0.501 e. The van der Waals surface area contributed by atoms with Crippen LogP contribution >= 0.6 is 0 Å². The molecule has 0 unspecified atom stereocenters. The molecule has 3 aromatic carbocycles. The zero-order valence-corrected chi connectivity index (χ0v) is 28.0. The molecule has 6 aromatic rings. The molecule has 41 heavy (non-hydrogen) atoms. The Morgan fingerprint density at radius 2 is 1.54 bits per heavy atom. The van der Waals surface area contributed by atoms with Gasteiger partial charge in [-0.05, 0) is 41.4 Å². The maximum atomic E-state index is 6.37. The summed E-state index contributed by atoms with van der Waals surface area (Å²) in [5, 5.41) is 3.82. The number of fused-ring (bicyclic) bond motifs is 3. The van der Waals surface area contributed by atoms with Crippen molar-refractivity contribution in [1.82, 2.24) is 9.97 Å². The molecule has 0 atom stereocenters. The van der Waals surface area contributed by atoms with E-state index in [1.54, 1.807) is 6.20 Å². The summed E-state index contributed by atoms with van der Waals surface area (Å²) < 4.78 is 6.37. The van der Waals surface area contributed by atoms with Gasteiger partial charge in [0.2, 0.25) is 0 Å². The maximum Gasteiger partial charge on any atom is 0.120 e. The molecule has 211 valence electrons. The van der Waals surface area contributed by atoms with Gasteiger partial charge in [-0.3, -0.25) is 0 Å². The summed E-state index contributed by atoms with van der Waals surface area (Å²) in [5.74, 6) is 0. The van der Waals surface area contributed by atoms with E-state index in [1.807, 2.05) is 54.7 Å². The first-order chi connectivity index (χ1) is 19.1. The number of hydrogen-bond donors (Lipinski definition) is 0. The predicted molar refractivity (Wildman–Crippen MR) is 170 cm³/mol. The van der Waals surface area contributed by atoms with Gasteiger partial charge in [0.15, 0.2) is 0 Å². The first-order valence-corrected chi connectivity index (χ1v) is 17.3. The van der Waals surface area contributed by atoms with Crippen LogP contribution in [0.3, 0.4) is 0 Å². The number of hydrogen-bond acceptors (Lipinski definition) is 3. The molecule has 6 rings (SSSR count). The van der Waals surface area contributed by atoms with Gasteiger partial charge in [-0.25, -0.2) is 0 Å². The van der Waals surface area contributed by atoms with Crippen LogP contribution in [0.15, 0.2) is 102 Å². The second-order valence-electron chi connectivity index (χ2n) is 12.4. The third-order valence-electron chi connectivity index (χ3n) is 6.73. The van der Waals surface area contributed by atoms with Gasteiger partial charge < -0.3 is 14.4 Å². The van der Waals surface area contributed by atoms with Crippen LogP contribution in [-0.4, -0.2) is 18.0 Å². The Labute approximate surface area is 258 Å². The number of nitrogens with zero attached hydrogens (tertiary/aromatic N) is 2. The number of pyridine rings is 2. The normalized spacial score (nSPS) is 11.6. The fourth-order valence-electron chi connectivity index (χ4n) is 4.96. The van der Waals surface area contributed by atoms with E-state index >= 15 is 0 Å². The molecule has 3 heterocycles. The summed E-state index contributed by atoms with van der Waals surface area (Å²) in [6.07, 6.45) is 4.71. The molecular weight excluding hydrogens is 697 g/mol. The summed E-state index contributed by atoms with van der Waals surface area (Å²) >= 11 is 0. The zero-order chi connectivity index (χ0) is 28.3. The molecule has 0 saturated carbocycles. The predicted octanol–water partition coefficient (Wildman–Crippen LogP) is 9.13. The van der Waals surface area contributed by atoms with Crippen LogP contribution in [0, 0.1) is 17.5 Å². The van der Waals surface area contributed by atoms with Crippen molar-refractivity contribution >= 4 is 35.2 Å². The average molecular weight is 733 g/mol. The van der Waals surface area contributed by atoms with Crippen LogP contribution in [0.2, 0.25) is 19.6 Å². The van der Waals surface area contributed by atoms with E-state index in [4.69, 9.17) is 4.42 Å². The van der Waals surface area contributed by atoms with Crippen molar-refractivity contribution in [2.75, 3.05) is 0 Å². The van der Waals surface area contributed by atoms with E-state index in [2.05, 4.69) is 98.9 Å². The standard InChI is InChI=1S/C25H28NOSi.C11H8N.Ir/c1-25(2,3)16-17-13-14-26-20(15-17)18-11-12-22(28(4,5)6)23-19-9-7-8-10-21(19)27-24(18)23;1-2-6-10(7-3-1)11-8-4-5-9-12-11;/h7-10,12-15H,16H2,1-6H3;1-6,8-9H;/q2*-1;. The SMILES string of the molecule is CC(C)(C)Cc1ccnc(-c2[c-]cc([Si](C)(C)C)c3c2oc2ccccc23)c1.[Ir].[c-]1ccccc1-c1ccccn1. The van der Waals surface area contributed by atoms with Gasteiger partial charge in [0, 0.05) is 46.0 Å². The fraction of sp³-hybridized carbons (Fsp3) is 0.222. The molecule has 0 aliphatic heterocycles. The Morgan fingerprint density at radius 1 is 0.805 bits per heavy atom. The van der Waals surface area contributed by atoms with Crippen LogP contribution in [0.5, 0.6) is 0 Å². The smallest absolute Gasteiger partial charge is 0.120 e. The average Bonchev–Trinajstić information content (AvgIpc) is 3.32. The quantitative estimate of drug-likeness (QED) is 0.134. The van der Waals surface area contributed by atoms with Crippen LogP contribution in [-0.2, 0) is 26.5 Å². The van der Waals surface area contributed by atoms with Crippen molar-refractivity contribution in [3.8, 4) is 22.5 Å². The monoisotopic (exact) mass is 733 g/mol. The summed E-state index contributed by atoms with van der Waals surface area (Å²) in [4.78, 5) is 8.89. The number of para-hydroxylation sites is 1. The number of aromatic nitrogens is 2. The topological polar surface area (TPSA) is 38.9 Å². The number of rotatable bonds is 4. The molecule has 3 nitrogen and oxygen atoms in total. The van der Waals surface area contributed by atoms with E-state index in [0.717, 1.165) is 40.1 Å². The molecule has 0 aliphatic rings. The third kappa shape index (κ3) is 7.29. The molecule has 0 spiro atoms. The van der Waals surface area contributed by atoms with E-state index in [1.165, 1.54) is 21.5 Å². The molecule has 0 bridgehead atoms. The van der Waals surface area contributed by atoms with Crippen molar-refractivity contribution in [1.29, 1.82) is 0 Å². The van der Waals surface area contributed by atoms with E-state index in [0.29, 0.717) is 0 Å². The first-order valence-electron chi connectivity index (χ1n) is 13.8. The van der Waals surface area contributed by atoms with Crippen LogP contribution < -0.4 is 5.19 Å². The molecule has 0 saturated heterocycles. The van der Waals surface area contributed by atoms with Crippen LogP contribution in [0.25, 0.3) is 44.5 Å². The molecule has 5 heteroatoms. The van der Waals surface area contributed by atoms with Gasteiger partial charge in [-0.1, -0.05) is 93.3 Å². The minimum absolute atomic E-state index is 0. The van der Waals surface area contributed by atoms with Crippen molar-refractivity contribution in [2.45, 2.75) is 46.8 Å².